The van der Waals surface area contributed by atoms with E-state index in [1.807, 2.05) is 12.1 Å². The van der Waals surface area contributed by atoms with Crippen LogP contribution >= 0.6 is 11.3 Å². The second kappa shape index (κ2) is 8.00. The number of aromatic nitrogens is 2. The van der Waals surface area contributed by atoms with Gasteiger partial charge in [0.1, 0.15) is 11.5 Å². The summed E-state index contributed by atoms with van der Waals surface area (Å²) in [6, 6.07) is 5.18. The highest BCUT2D eigenvalue weighted by Gasteiger charge is 2.14. The zero-order valence-corrected chi connectivity index (χ0v) is 14.4. The van der Waals surface area contributed by atoms with Crippen molar-refractivity contribution >= 4 is 32.3 Å². The molecule has 3 heterocycles. The summed E-state index contributed by atoms with van der Waals surface area (Å²) in [5.41, 5.74) is 1.12. The van der Waals surface area contributed by atoms with Gasteiger partial charge >= 0.3 is 0 Å². The molecule has 3 aromatic heterocycles. The van der Waals surface area contributed by atoms with Crippen LogP contribution in [-0.2, 0) is 11.3 Å². The first-order valence-corrected chi connectivity index (χ1v) is 8.48. The standard InChI is InChI=1S/C17H17FN4O2S/c1-24-5-4-21-17(23)16-13-7-15(25-14(13)2-3-20-16)22-9-11-6-12(18)10-19-8-11/h2-3,6-8,10,22H,4-5,9H2,1H3,(H,21,23). The number of fused-ring (bicyclic) bond motifs is 1. The SMILES string of the molecule is COCCNC(=O)c1nccc2sc(NCc3cncc(F)c3)cc12. The van der Waals surface area contributed by atoms with E-state index in [2.05, 4.69) is 20.6 Å². The van der Waals surface area contributed by atoms with Crippen molar-refractivity contribution in [1.29, 1.82) is 0 Å². The Kier molecular flexibility index (Phi) is 5.52. The summed E-state index contributed by atoms with van der Waals surface area (Å²) in [4.78, 5) is 20.3. The summed E-state index contributed by atoms with van der Waals surface area (Å²) in [5, 5.41) is 7.65. The molecule has 1 amide bonds. The molecule has 0 aromatic carbocycles. The Balaban J connectivity index is 1.75. The summed E-state index contributed by atoms with van der Waals surface area (Å²) in [7, 11) is 1.58. The molecule has 0 unspecified atom stereocenters. The van der Waals surface area contributed by atoms with Crippen molar-refractivity contribution in [3.8, 4) is 0 Å². The predicted molar refractivity (Wildman–Crippen MR) is 95.4 cm³/mol. The molecule has 130 valence electrons. The molecule has 0 fully saturated rings. The smallest absolute Gasteiger partial charge is 0.270 e. The van der Waals surface area contributed by atoms with Gasteiger partial charge in [-0.1, -0.05) is 0 Å². The van der Waals surface area contributed by atoms with Crippen LogP contribution in [0.5, 0.6) is 0 Å². The molecule has 0 bridgehead atoms. The molecule has 0 aliphatic carbocycles. The molecule has 6 nitrogen and oxygen atoms in total. The van der Waals surface area contributed by atoms with E-state index in [0.29, 0.717) is 25.4 Å². The van der Waals surface area contributed by atoms with E-state index < -0.39 is 0 Å². The third-order valence-electron chi connectivity index (χ3n) is 3.48. The molecule has 0 atom stereocenters. The molecular weight excluding hydrogens is 343 g/mol. The molecular formula is C17H17FN4O2S. The number of nitrogens with one attached hydrogen (secondary N) is 2. The largest absolute Gasteiger partial charge is 0.383 e. The minimum absolute atomic E-state index is 0.235. The number of hydrogen-bond donors (Lipinski definition) is 2. The van der Waals surface area contributed by atoms with Crippen LogP contribution in [0.3, 0.4) is 0 Å². The number of rotatable bonds is 7. The van der Waals surface area contributed by atoms with E-state index in [1.165, 1.54) is 23.6 Å². The summed E-state index contributed by atoms with van der Waals surface area (Å²) in [5.74, 6) is -0.601. The van der Waals surface area contributed by atoms with E-state index in [-0.39, 0.29) is 11.7 Å². The van der Waals surface area contributed by atoms with Crippen molar-refractivity contribution in [3.63, 3.8) is 0 Å². The molecule has 8 heteroatoms. The zero-order chi connectivity index (χ0) is 17.6. The molecule has 0 aliphatic rings. The van der Waals surface area contributed by atoms with Gasteiger partial charge in [0.15, 0.2) is 0 Å². The van der Waals surface area contributed by atoms with Gasteiger partial charge in [-0.3, -0.25) is 14.8 Å². The van der Waals surface area contributed by atoms with Crippen molar-refractivity contribution in [1.82, 2.24) is 15.3 Å². The number of halogens is 1. The van der Waals surface area contributed by atoms with Gasteiger partial charge in [0.25, 0.3) is 5.91 Å². The lowest BCUT2D eigenvalue weighted by Crippen LogP contribution is -2.27. The Hall–Kier alpha value is -2.58. The van der Waals surface area contributed by atoms with E-state index in [9.17, 15) is 9.18 Å². The number of methoxy groups -OCH3 is 1. The van der Waals surface area contributed by atoms with Crippen molar-refractivity contribution in [2.45, 2.75) is 6.54 Å². The molecule has 2 N–H and O–H groups in total. The van der Waals surface area contributed by atoms with Crippen LogP contribution < -0.4 is 10.6 Å². The summed E-state index contributed by atoms with van der Waals surface area (Å²) in [6.45, 7) is 1.31. The van der Waals surface area contributed by atoms with Gasteiger partial charge < -0.3 is 15.4 Å². The first kappa shape index (κ1) is 17.2. The third-order valence-corrected chi connectivity index (χ3v) is 4.54. The molecule has 0 spiro atoms. The molecule has 0 aliphatic heterocycles. The van der Waals surface area contributed by atoms with Crippen LogP contribution in [0.15, 0.2) is 36.8 Å². The lowest BCUT2D eigenvalue weighted by Gasteiger charge is -2.04. The normalized spacial score (nSPS) is 10.8. The lowest BCUT2D eigenvalue weighted by atomic mass is 10.2. The minimum atomic E-state index is -0.366. The fraction of sp³-hybridized carbons (Fsp3) is 0.235. The third kappa shape index (κ3) is 4.28. The average molecular weight is 360 g/mol. The summed E-state index contributed by atoms with van der Waals surface area (Å²) >= 11 is 1.51. The van der Waals surface area contributed by atoms with E-state index >= 15 is 0 Å². The number of amides is 1. The van der Waals surface area contributed by atoms with Crippen molar-refractivity contribution in [2.75, 3.05) is 25.6 Å². The Labute approximate surface area is 148 Å². The quantitative estimate of drug-likeness (QED) is 0.634. The van der Waals surface area contributed by atoms with Crippen LogP contribution in [0, 0.1) is 5.82 Å². The number of nitrogens with zero attached hydrogens (tertiary/aromatic N) is 2. The highest BCUT2D eigenvalue weighted by molar-refractivity contribution is 7.22. The first-order valence-electron chi connectivity index (χ1n) is 7.66. The maximum atomic E-state index is 13.2. The van der Waals surface area contributed by atoms with E-state index in [1.54, 1.807) is 19.5 Å². The molecule has 0 saturated carbocycles. The van der Waals surface area contributed by atoms with Gasteiger partial charge in [-0.2, -0.15) is 0 Å². The maximum Gasteiger partial charge on any atom is 0.270 e. The highest BCUT2D eigenvalue weighted by Crippen LogP contribution is 2.31. The van der Waals surface area contributed by atoms with Gasteiger partial charge in [-0.05, 0) is 23.8 Å². The number of carbonyl (C=O) groups excluding carboxylic acids is 1. The zero-order valence-electron chi connectivity index (χ0n) is 13.6. The average Bonchev–Trinajstić information content (AvgIpc) is 3.03. The van der Waals surface area contributed by atoms with E-state index in [4.69, 9.17) is 4.74 Å². The van der Waals surface area contributed by atoms with Crippen LogP contribution in [-0.4, -0.2) is 36.1 Å². The Morgan fingerprint density at radius 1 is 1.36 bits per heavy atom. The maximum absolute atomic E-state index is 13.2. The number of hydrogen-bond acceptors (Lipinski definition) is 6. The predicted octanol–water partition coefficient (Wildman–Crippen LogP) is 2.82. The lowest BCUT2D eigenvalue weighted by molar-refractivity contribution is 0.0934. The highest BCUT2D eigenvalue weighted by atomic mass is 32.1. The van der Waals surface area contributed by atoms with Crippen molar-refractivity contribution in [3.05, 3.63) is 53.9 Å². The van der Waals surface area contributed by atoms with Gasteiger partial charge in [0.05, 0.1) is 17.8 Å². The van der Waals surface area contributed by atoms with Crippen LogP contribution in [0.25, 0.3) is 10.1 Å². The second-order valence-electron chi connectivity index (χ2n) is 5.30. The van der Waals surface area contributed by atoms with Gasteiger partial charge in [-0.25, -0.2) is 4.39 Å². The fourth-order valence-electron chi connectivity index (χ4n) is 2.32. The summed E-state index contributed by atoms with van der Waals surface area (Å²) in [6.07, 6.45) is 4.40. The van der Waals surface area contributed by atoms with Gasteiger partial charge in [0.2, 0.25) is 0 Å². The van der Waals surface area contributed by atoms with E-state index in [0.717, 1.165) is 20.7 Å². The van der Waals surface area contributed by atoms with Gasteiger partial charge in [-0.15, -0.1) is 11.3 Å². The number of anilines is 1. The molecule has 3 aromatic rings. The van der Waals surface area contributed by atoms with Crippen LogP contribution in [0.1, 0.15) is 16.1 Å². The Bertz CT molecular complexity index is 884. The minimum Gasteiger partial charge on any atom is -0.383 e. The monoisotopic (exact) mass is 360 g/mol. The topological polar surface area (TPSA) is 76.1 Å². The Morgan fingerprint density at radius 3 is 3.04 bits per heavy atom. The number of carbonyl (C=O) groups is 1. The molecule has 0 radical (unpaired) electrons. The van der Waals surface area contributed by atoms with Crippen LogP contribution in [0.4, 0.5) is 9.39 Å². The molecule has 3 rings (SSSR count). The number of ether oxygens (including phenoxy) is 1. The van der Waals surface area contributed by atoms with Crippen LogP contribution in [0.2, 0.25) is 0 Å². The molecule has 0 saturated heterocycles. The summed E-state index contributed by atoms with van der Waals surface area (Å²) < 4.78 is 19.1. The second-order valence-corrected chi connectivity index (χ2v) is 6.38. The number of thiophene rings is 1. The van der Waals surface area contributed by atoms with Gasteiger partial charge in [0, 0.05) is 42.7 Å². The Morgan fingerprint density at radius 2 is 2.24 bits per heavy atom. The molecule has 25 heavy (non-hydrogen) atoms. The first-order chi connectivity index (χ1) is 12.2. The van der Waals surface area contributed by atoms with Crippen molar-refractivity contribution < 1.29 is 13.9 Å². The van der Waals surface area contributed by atoms with Crippen molar-refractivity contribution in [2.24, 2.45) is 0 Å². The number of pyridine rings is 2. The fourth-order valence-corrected chi connectivity index (χ4v) is 3.28.